The Morgan fingerprint density at radius 3 is 2.62 bits per heavy atom. The van der Waals surface area contributed by atoms with Crippen LogP contribution >= 0.6 is 11.8 Å². The standard InChI is InChI=1S/C19H24N2O4S/c1-5-10(2)13(18(24)25)20-15(22)14-19(3,4)26-17-12-9-7-6-8-11(12)16(23)21(14)17/h6-10,13-14,17H,5H2,1-4H3,(H,20,22)(H,24,25)/t10-,13+,14+,17-/m1/s1. The lowest BCUT2D eigenvalue weighted by Crippen LogP contribution is -2.56. The molecule has 1 saturated heterocycles. The van der Waals surface area contributed by atoms with Crippen molar-refractivity contribution < 1.29 is 19.5 Å². The van der Waals surface area contributed by atoms with Crippen molar-refractivity contribution in [2.45, 2.75) is 56.3 Å². The van der Waals surface area contributed by atoms with E-state index in [0.29, 0.717) is 12.0 Å². The van der Waals surface area contributed by atoms with Crippen LogP contribution in [0.2, 0.25) is 0 Å². The summed E-state index contributed by atoms with van der Waals surface area (Å²) in [5.41, 5.74) is 1.54. The number of carboxylic acids is 1. The van der Waals surface area contributed by atoms with Crippen molar-refractivity contribution >= 4 is 29.5 Å². The summed E-state index contributed by atoms with van der Waals surface area (Å²) in [6, 6.07) is 5.71. The average molecular weight is 376 g/mol. The molecule has 2 N–H and O–H groups in total. The van der Waals surface area contributed by atoms with E-state index in [1.165, 1.54) is 0 Å². The van der Waals surface area contributed by atoms with E-state index in [0.717, 1.165) is 5.56 Å². The molecule has 0 radical (unpaired) electrons. The fourth-order valence-electron chi connectivity index (χ4n) is 3.72. The molecule has 140 valence electrons. The maximum absolute atomic E-state index is 13.1. The Bertz CT molecular complexity index is 764. The molecule has 7 heteroatoms. The van der Waals surface area contributed by atoms with E-state index in [-0.39, 0.29) is 17.2 Å². The molecule has 2 amide bonds. The van der Waals surface area contributed by atoms with Gasteiger partial charge in [0.25, 0.3) is 5.91 Å². The zero-order valence-corrected chi connectivity index (χ0v) is 16.2. The first kappa shape index (κ1) is 18.8. The number of thioether (sulfide) groups is 1. The van der Waals surface area contributed by atoms with Crippen LogP contribution in [-0.2, 0) is 9.59 Å². The molecule has 2 heterocycles. The van der Waals surface area contributed by atoms with E-state index in [1.807, 2.05) is 39.0 Å². The number of rotatable bonds is 5. The number of carbonyl (C=O) groups is 3. The highest BCUT2D eigenvalue weighted by atomic mass is 32.2. The van der Waals surface area contributed by atoms with Gasteiger partial charge >= 0.3 is 5.97 Å². The first-order valence-electron chi connectivity index (χ1n) is 8.81. The molecule has 0 aliphatic carbocycles. The number of carboxylic acid groups (broad SMARTS) is 1. The number of aliphatic carboxylic acids is 1. The topological polar surface area (TPSA) is 86.7 Å². The normalized spacial score (nSPS) is 25.4. The van der Waals surface area contributed by atoms with Crippen LogP contribution in [0.1, 0.15) is 55.4 Å². The largest absolute Gasteiger partial charge is 0.480 e. The van der Waals surface area contributed by atoms with E-state index in [4.69, 9.17) is 0 Å². The SMILES string of the molecule is CC[C@@H](C)[C@H](NC(=O)[C@@H]1N2C(=O)c3ccccc3[C@H]2SC1(C)C)C(=O)O. The maximum atomic E-state index is 13.1. The van der Waals surface area contributed by atoms with Gasteiger partial charge in [-0.05, 0) is 31.4 Å². The van der Waals surface area contributed by atoms with Crippen LogP contribution < -0.4 is 5.32 Å². The van der Waals surface area contributed by atoms with Crippen LogP contribution in [0.3, 0.4) is 0 Å². The van der Waals surface area contributed by atoms with Crippen LogP contribution in [0.25, 0.3) is 0 Å². The van der Waals surface area contributed by atoms with Gasteiger partial charge in [0.15, 0.2) is 0 Å². The van der Waals surface area contributed by atoms with Gasteiger partial charge in [-0.15, -0.1) is 11.8 Å². The summed E-state index contributed by atoms with van der Waals surface area (Å²) in [7, 11) is 0. The highest BCUT2D eigenvalue weighted by Gasteiger charge is 2.57. The quantitative estimate of drug-likeness (QED) is 0.825. The Morgan fingerprint density at radius 1 is 1.35 bits per heavy atom. The van der Waals surface area contributed by atoms with E-state index in [9.17, 15) is 19.5 Å². The fraction of sp³-hybridized carbons (Fsp3) is 0.526. The van der Waals surface area contributed by atoms with Gasteiger partial charge in [-0.2, -0.15) is 0 Å². The molecule has 2 aliphatic heterocycles. The first-order valence-corrected chi connectivity index (χ1v) is 9.69. The monoisotopic (exact) mass is 376 g/mol. The Kier molecular flexibility index (Phi) is 4.77. The summed E-state index contributed by atoms with van der Waals surface area (Å²) in [6.45, 7) is 7.54. The third-order valence-electron chi connectivity index (χ3n) is 5.32. The molecule has 4 atom stereocenters. The second kappa shape index (κ2) is 6.61. The highest BCUT2D eigenvalue weighted by molar-refractivity contribution is 8.01. The van der Waals surface area contributed by atoms with Crippen LogP contribution in [0.15, 0.2) is 24.3 Å². The number of hydrogen-bond donors (Lipinski definition) is 2. The van der Waals surface area contributed by atoms with E-state index in [1.54, 1.807) is 29.7 Å². The second-order valence-corrected chi connectivity index (χ2v) is 9.22. The minimum Gasteiger partial charge on any atom is -0.480 e. The number of nitrogens with one attached hydrogen (secondary N) is 1. The van der Waals surface area contributed by atoms with Gasteiger partial charge in [-0.1, -0.05) is 38.5 Å². The Morgan fingerprint density at radius 2 is 2.00 bits per heavy atom. The summed E-state index contributed by atoms with van der Waals surface area (Å²) in [4.78, 5) is 39.2. The Hall–Kier alpha value is -2.02. The van der Waals surface area contributed by atoms with Crippen molar-refractivity contribution in [1.29, 1.82) is 0 Å². The van der Waals surface area contributed by atoms with Crippen molar-refractivity contribution in [3.05, 3.63) is 35.4 Å². The molecule has 0 spiro atoms. The first-order chi connectivity index (χ1) is 12.2. The minimum atomic E-state index is -1.05. The smallest absolute Gasteiger partial charge is 0.326 e. The molecular formula is C19H24N2O4S. The van der Waals surface area contributed by atoms with Gasteiger partial charge in [-0.25, -0.2) is 4.79 Å². The van der Waals surface area contributed by atoms with Gasteiger partial charge in [-0.3, -0.25) is 9.59 Å². The molecule has 1 aromatic carbocycles. The lowest BCUT2D eigenvalue weighted by atomic mass is 9.96. The van der Waals surface area contributed by atoms with Crippen molar-refractivity contribution in [3.8, 4) is 0 Å². The molecule has 2 aliphatic rings. The van der Waals surface area contributed by atoms with Crippen LogP contribution in [-0.4, -0.2) is 44.6 Å². The third kappa shape index (κ3) is 2.88. The summed E-state index contributed by atoms with van der Waals surface area (Å²) < 4.78 is -0.517. The van der Waals surface area contributed by atoms with Gasteiger partial charge in [0.05, 0.1) is 0 Å². The van der Waals surface area contributed by atoms with Crippen LogP contribution in [0.5, 0.6) is 0 Å². The van der Waals surface area contributed by atoms with Gasteiger partial charge in [0, 0.05) is 10.3 Å². The number of amides is 2. The molecule has 1 aromatic rings. The molecule has 0 unspecified atom stereocenters. The fourth-order valence-corrected chi connectivity index (χ4v) is 5.31. The summed E-state index contributed by atoms with van der Waals surface area (Å²) in [6.07, 6.45) is 0.636. The summed E-state index contributed by atoms with van der Waals surface area (Å²) in [5, 5.41) is 11.9. The number of benzene rings is 1. The number of fused-ring (bicyclic) bond motifs is 3. The predicted molar refractivity (Wildman–Crippen MR) is 99.8 cm³/mol. The van der Waals surface area contributed by atoms with Gasteiger partial charge < -0.3 is 15.3 Å². The Balaban J connectivity index is 1.91. The van der Waals surface area contributed by atoms with E-state index < -0.39 is 28.7 Å². The average Bonchev–Trinajstić information content (AvgIpc) is 3.02. The summed E-state index contributed by atoms with van der Waals surface area (Å²) >= 11 is 1.57. The molecule has 0 bridgehead atoms. The van der Waals surface area contributed by atoms with Crippen molar-refractivity contribution in [2.75, 3.05) is 0 Å². The summed E-state index contributed by atoms with van der Waals surface area (Å²) in [5.74, 6) is -1.82. The van der Waals surface area contributed by atoms with Gasteiger partial charge in [0.2, 0.25) is 5.91 Å². The molecule has 0 saturated carbocycles. The van der Waals surface area contributed by atoms with Crippen molar-refractivity contribution in [2.24, 2.45) is 5.92 Å². The lowest BCUT2D eigenvalue weighted by Gasteiger charge is -2.31. The van der Waals surface area contributed by atoms with Crippen molar-refractivity contribution in [1.82, 2.24) is 10.2 Å². The third-order valence-corrected chi connectivity index (χ3v) is 6.86. The van der Waals surface area contributed by atoms with Crippen LogP contribution in [0.4, 0.5) is 0 Å². The predicted octanol–water partition coefficient (Wildman–Crippen LogP) is 2.65. The number of nitrogens with zero attached hydrogens (tertiary/aromatic N) is 1. The maximum Gasteiger partial charge on any atom is 0.326 e. The molecule has 26 heavy (non-hydrogen) atoms. The molecule has 0 aromatic heterocycles. The second-order valence-electron chi connectivity index (χ2n) is 7.49. The number of carbonyl (C=O) groups excluding carboxylic acids is 2. The minimum absolute atomic E-state index is 0.167. The zero-order valence-electron chi connectivity index (χ0n) is 15.4. The van der Waals surface area contributed by atoms with Crippen LogP contribution in [0, 0.1) is 5.92 Å². The zero-order chi connectivity index (χ0) is 19.2. The van der Waals surface area contributed by atoms with E-state index >= 15 is 0 Å². The molecule has 3 rings (SSSR count). The molecule has 1 fully saturated rings. The molecular weight excluding hydrogens is 352 g/mol. The van der Waals surface area contributed by atoms with Crippen molar-refractivity contribution in [3.63, 3.8) is 0 Å². The van der Waals surface area contributed by atoms with Gasteiger partial charge in [0.1, 0.15) is 17.5 Å². The highest BCUT2D eigenvalue weighted by Crippen LogP contribution is 2.56. The Labute approximate surface area is 157 Å². The van der Waals surface area contributed by atoms with E-state index in [2.05, 4.69) is 5.32 Å². The number of hydrogen-bond acceptors (Lipinski definition) is 4. The lowest BCUT2D eigenvalue weighted by molar-refractivity contribution is -0.144. The molecule has 6 nitrogen and oxygen atoms in total.